The molecule has 2 fully saturated rings. The third-order valence-electron chi connectivity index (χ3n) is 7.79. The molecule has 1 aliphatic heterocycles. The highest BCUT2D eigenvalue weighted by molar-refractivity contribution is 6.06. The first-order valence-electron chi connectivity index (χ1n) is 12.9. The van der Waals surface area contributed by atoms with Crippen LogP contribution >= 0.6 is 0 Å². The monoisotopic (exact) mass is 487 g/mol. The maximum Gasteiger partial charge on any atom is 0.230 e. The number of aliphatic hydroxyl groups is 1. The highest BCUT2D eigenvalue weighted by Crippen LogP contribution is 2.36. The summed E-state index contributed by atoms with van der Waals surface area (Å²) in [5, 5.41) is 24.2. The maximum absolute atomic E-state index is 10.0. The van der Waals surface area contributed by atoms with Crippen LogP contribution in [0.3, 0.4) is 0 Å². The normalized spacial score (nSPS) is 21.5. The Bertz CT molecular complexity index is 1340. The minimum absolute atomic E-state index is 0.208. The molecule has 1 saturated carbocycles. The van der Waals surface area contributed by atoms with Gasteiger partial charge in [-0.3, -0.25) is 4.98 Å². The van der Waals surface area contributed by atoms with Crippen LogP contribution in [-0.4, -0.2) is 79.1 Å². The lowest BCUT2D eigenvalue weighted by Crippen LogP contribution is -2.42. The van der Waals surface area contributed by atoms with Gasteiger partial charge in [-0.05, 0) is 70.8 Å². The van der Waals surface area contributed by atoms with Crippen LogP contribution in [0.15, 0.2) is 36.8 Å². The van der Waals surface area contributed by atoms with Crippen molar-refractivity contribution in [3.63, 3.8) is 0 Å². The zero-order chi connectivity index (χ0) is 24.6. The van der Waals surface area contributed by atoms with E-state index in [2.05, 4.69) is 53.9 Å². The third-order valence-corrected chi connectivity index (χ3v) is 7.79. The lowest BCUT2D eigenvalue weighted by Gasteiger charge is -2.35. The molecule has 0 amide bonds. The number of nitrogens with zero attached hydrogens (tertiary/aromatic N) is 8. The minimum atomic E-state index is -0.208. The van der Waals surface area contributed by atoms with Gasteiger partial charge in [-0.1, -0.05) is 0 Å². The third kappa shape index (κ3) is 4.35. The topological polar surface area (TPSA) is 108 Å². The first-order valence-corrected chi connectivity index (χ1v) is 12.9. The molecular formula is C26H33N9O. The predicted molar refractivity (Wildman–Crippen MR) is 141 cm³/mol. The second-order valence-corrected chi connectivity index (χ2v) is 10.2. The first-order chi connectivity index (χ1) is 17.6. The Morgan fingerprint density at radius 1 is 0.944 bits per heavy atom. The van der Waals surface area contributed by atoms with Crippen molar-refractivity contribution < 1.29 is 5.11 Å². The quantitative estimate of drug-likeness (QED) is 0.437. The standard InChI is InChI=1S/C26H33N9O/c1-33(2)17-10-13-34(14-11-17)24-8-7-23(31-32-24)29-26-28-15-21-20-9-12-27-16-22(20)35(25(21)30-26)18-3-5-19(36)6-4-18/h7-9,12,15-19,36H,3-6,10-11,13-14H2,1-2H3,(H,28,29,30,31). The van der Waals surface area contributed by atoms with Crippen LogP contribution in [0, 0.1) is 0 Å². The lowest BCUT2D eigenvalue weighted by atomic mass is 9.93. The van der Waals surface area contributed by atoms with Gasteiger partial charge in [-0.25, -0.2) is 4.98 Å². The van der Waals surface area contributed by atoms with E-state index in [9.17, 15) is 5.11 Å². The van der Waals surface area contributed by atoms with Crippen molar-refractivity contribution in [2.24, 2.45) is 0 Å². The number of pyridine rings is 1. The van der Waals surface area contributed by atoms with E-state index < -0.39 is 0 Å². The SMILES string of the molecule is CN(C)C1CCN(c2ccc(Nc3ncc4c5ccncc5n(C5CCC(O)CC5)c4n3)nn2)CC1. The van der Waals surface area contributed by atoms with Crippen molar-refractivity contribution in [2.75, 3.05) is 37.4 Å². The van der Waals surface area contributed by atoms with Crippen LogP contribution in [0.5, 0.6) is 0 Å². The van der Waals surface area contributed by atoms with Crippen LogP contribution in [0.2, 0.25) is 0 Å². The van der Waals surface area contributed by atoms with Crippen LogP contribution in [0.25, 0.3) is 21.9 Å². The van der Waals surface area contributed by atoms with E-state index in [1.54, 1.807) is 0 Å². The summed E-state index contributed by atoms with van der Waals surface area (Å²) in [6.07, 6.45) is 11.1. The molecule has 0 aromatic carbocycles. The number of aromatic nitrogens is 6. The number of anilines is 3. The van der Waals surface area contributed by atoms with Crippen LogP contribution in [0.4, 0.5) is 17.6 Å². The molecule has 10 heteroatoms. The number of fused-ring (bicyclic) bond motifs is 3. The maximum atomic E-state index is 10.0. The number of nitrogens with one attached hydrogen (secondary N) is 1. The number of hydrogen-bond donors (Lipinski definition) is 2. The molecule has 0 unspecified atom stereocenters. The Morgan fingerprint density at radius 3 is 2.47 bits per heavy atom. The van der Waals surface area contributed by atoms with Crippen molar-refractivity contribution in [1.82, 2.24) is 34.6 Å². The molecule has 10 nitrogen and oxygen atoms in total. The fourth-order valence-corrected chi connectivity index (χ4v) is 5.70. The van der Waals surface area contributed by atoms with E-state index in [1.165, 1.54) is 0 Å². The fourth-order valence-electron chi connectivity index (χ4n) is 5.70. The summed E-state index contributed by atoms with van der Waals surface area (Å²) in [5.74, 6) is 2.01. The van der Waals surface area contributed by atoms with Gasteiger partial charge >= 0.3 is 0 Å². The summed E-state index contributed by atoms with van der Waals surface area (Å²) in [7, 11) is 4.30. The summed E-state index contributed by atoms with van der Waals surface area (Å²) in [6.45, 7) is 1.98. The van der Waals surface area contributed by atoms with Crippen LogP contribution in [0.1, 0.15) is 44.6 Å². The van der Waals surface area contributed by atoms with Gasteiger partial charge in [-0.15, -0.1) is 10.2 Å². The zero-order valence-corrected chi connectivity index (χ0v) is 20.9. The number of hydrogen-bond acceptors (Lipinski definition) is 9. The molecule has 36 heavy (non-hydrogen) atoms. The zero-order valence-electron chi connectivity index (χ0n) is 20.9. The molecule has 0 radical (unpaired) electrons. The van der Waals surface area contributed by atoms with Gasteiger partial charge in [0, 0.05) is 48.3 Å². The Balaban J connectivity index is 1.25. The van der Waals surface area contributed by atoms with Crippen molar-refractivity contribution in [3.8, 4) is 0 Å². The van der Waals surface area contributed by atoms with E-state index in [-0.39, 0.29) is 12.1 Å². The van der Waals surface area contributed by atoms with E-state index in [0.29, 0.717) is 17.8 Å². The average Bonchev–Trinajstić information content (AvgIpc) is 3.23. The average molecular weight is 488 g/mol. The number of rotatable bonds is 5. The van der Waals surface area contributed by atoms with Gasteiger partial charge in [0.2, 0.25) is 5.95 Å². The Morgan fingerprint density at radius 2 is 1.75 bits per heavy atom. The van der Waals surface area contributed by atoms with E-state index in [0.717, 1.165) is 79.4 Å². The summed E-state index contributed by atoms with van der Waals surface area (Å²) >= 11 is 0. The summed E-state index contributed by atoms with van der Waals surface area (Å²) in [4.78, 5) is 18.5. The molecule has 5 heterocycles. The highest BCUT2D eigenvalue weighted by atomic mass is 16.3. The van der Waals surface area contributed by atoms with Gasteiger partial charge < -0.3 is 24.8 Å². The number of aliphatic hydroxyl groups excluding tert-OH is 1. The van der Waals surface area contributed by atoms with Crippen LogP contribution < -0.4 is 10.2 Å². The second-order valence-electron chi connectivity index (χ2n) is 10.2. The van der Waals surface area contributed by atoms with Gasteiger partial charge in [0.15, 0.2) is 11.6 Å². The molecule has 2 aliphatic rings. The molecule has 6 rings (SSSR count). The minimum Gasteiger partial charge on any atom is -0.393 e. The first kappa shape index (κ1) is 23.1. The van der Waals surface area contributed by atoms with E-state index >= 15 is 0 Å². The second kappa shape index (κ2) is 9.59. The molecule has 0 atom stereocenters. The molecule has 2 N–H and O–H groups in total. The van der Waals surface area contributed by atoms with Crippen molar-refractivity contribution >= 4 is 39.5 Å². The molecule has 1 saturated heterocycles. The van der Waals surface area contributed by atoms with Gasteiger partial charge in [-0.2, -0.15) is 4.98 Å². The Kier molecular flexibility index (Phi) is 6.14. The van der Waals surface area contributed by atoms with E-state index in [1.807, 2.05) is 36.8 Å². The van der Waals surface area contributed by atoms with Crippen LogP contribution in [-0.2, 0) is 0 Å². The predicted octanol–water partition coefficient (Wildman–Crippen LogP) is 3.52. The fraction of sp³-hybridized carbons (Fsp3) is 0.500. The summed E-state index contributed by atoms with van der Waals surface area (Å²) in [6, 6.07) is 6.88. The molecular weight excluding hydrogens is 454 g/mol. The number of piperidine rings is 1. The molecule has 4 aromatic heterocycles. The molecule has 4 aromatic rings. The van der Waals surface area contributed by atoms with Gasteiger partial charge in [0.25, 0.3) is 0 Å². The van der Waals surface area contributed by atoms with E-state index in [4.69, 9.17) is 4.98 Å². The molecule has 1 aliphatic carbocycles. The Labute approximate surface area is 210 Å². The summed E-state index contributed by atoms with van der Waals surface area (Å²) < 4.78 is 2.28. The molecule has 0 bridgehead atoms. The smallest absolute Gasteiger partial charge is 0.230 e. The molecule has 188 valence electrons. The van der Waals surface area contributed by atoms with Crippen molar-refractivity contribution in [1.29, 1.82) is 0 Å². The molecule has 0 spiro atoms. The largest absolute Gasteiger partial charge is 0.393 e. The highest BCUT2D eigenvalue weighted by Gasteiger charge is 2.25. The van der Waals surface area contributed by atoms with Crippen molar-refractivity contribution in [2.45, 2.75) is 56.7 Å². The Hall–Kier alpha value is -3.37. The lowest BCUT2D eigenvalue weighted by molar-refractivity contribution is 0.112. The van der Waals surface area contributed by atoms with Gasteiger partial charge in [0.05, 0.1) is 17.8 Å². The van der Waals surface area contributed by atoms with Gasteiger partial charge in [0.1, 0.15) is 5.65 Å². The van der Waals surface area contributed by atoms with Crippen molar-refractivity contribution in [3.05, 3.63) is 36.8 Å². The summed E-state index contributed by atoms with van der Waals surface area (Å²) in [5.41, 5.74) is 1.94.